The number of sulfonamides is 1. The Hall–Kier alpha value is -2.13. The van der Waals surface area contributed by atoms with Crippen LogP contribution in [0.2, 0.25) is 0 Å². The van der Waals surface area contributed by atoms with Crippen LogP contribution in [0.3, 0.4) is 0 Å². The van der Waals surface area contributed by atoms with Crippen LogP contribution in [0, 0.1) is 0 Å². The van der Waals surface area contributed by atoms with Crippen molar-refractivity contribution in [1.82, 2.24) is 9.21 Å². The number of hydrogen-bond donors (Lipinski definition) is 0. The van der Waals surface area contributed by atoms with E-state index in [0.717, 1.165) is 57.4 Å². The van der Waals surface area contributed by atoms with E-state index in [0.29, 0.717) is 18.8 Å². The van der Waals surface area contributed by atoms with Crippen LogP contribution < -0.4 is 9.80 Å². The lowest BCUT2D eigenvalue weighted by Gasteiger charge is -2.45. The zero-order chi connectivity index (χ0) is 22.2. The van der Waals surface area contributed by atoms with Crippen LogP contribution in [0.15, 0.2) is 23.1 Å². The van der Waals surface area contributed by atoms with Gasteiger partial charge >= 0.3 is 0 Å². The molecule has 0 radical (unpaired) electrons. The monoisotopic (exact) mass is 448 g/mol. The molecule has 1 aromatic rings. The number of benzene rings is 1. The van der Waals surface area contributed by atoms with Crippen LogP contribution in [-0.4, -0.2) is 74.7 Å². The predicted molar refractivity (Wildman–Crippen MR) is 120 cm³/mol. The van der Waals surface area contributed by atoms with Gasteiger partial charge in [0.05, 0.1) is 16.3 Å². The first-order valence-corrected chi connectivity index (χ1v) is 12.8. The Morgan fingerprint density at radius 3 is 2.39 bits per heavy atom. The molecule has 2 fully saturated rings. The molecule has 31 heavy (non-hydrogen) atoms. The average Bonchev–Trinajstić information content (AvgIpc) is 3.32. The first kappa shape index (κ1) is 22.1. The summed E-state index contributed by atoms with van der Waals surface area (Å²) in [5, 5.41) is 0. The second kappa shape index (κ2) is 8.78. The van der Waals surface area contributed by atoms with Crippen molar-refractivity contribution < 1.29 is 18.0 Å². The highest BCUT2D eigenvalue weighted by Gasteiger charge is 2.41. The molecular formula is C22H32N4O4S. The normalized spacial score (nSPS) is 21.5. The van der Waals surface area contributed by atoms with Crippen LogP contribution in [0.25, 0.3) is 0 Å². The van der Waals surface area contributed by atoms with E-state index < -0.39 is 10.0 Å². The predicted octanol–water partition coefficient (Wildman–Crippen LogP) is 2.04. The summed E-state index contributed by atoms with van der Waals surface area (Å²) in [5.41, 5.74) is 1.38. The molecule has 9 heteroatoms. The van der Waals surface area contributed by atoms with Crippen molar-refractivity contribution in [2.45, 2.75) is 56.9 Å². The van der Waals surface area contributed by atoms with Crippen LogP contribution >= 0.6 is 0 Å². The summed E-state index contributed by atoms with van der Waals surface area (Å²) in [7, 11) is -3.67. The number of carbonyl (C=O) groups is 2. The number of carbonyl (C=O) groups excluding carboxylic acids is 2. The van der Waals surface area contributed by atoms with Gasteiger partial charge in [-0.3, -0.25) is 14.5 Å². The number of nitrogens with zero attached hydrogens (tertiary/aromatic N) is 4. The van der Waals surface area contributed by atoms with Crippen molar-refractivity contribution in [3.05, 3.63) is 18.2 Å². The Morgan fingerprint density at radius 1 is 1.03 bits per heavy atom. The van der Waals surface area contributed by atoms with Crippen molar-refractivity contribution in [2.24, 2.45) is 0 Å². The van der Waals surface area contributed by atoms with Gasteiger partial charge in [-0.05, 0) is 50.3 Å². The fourth-order valence-corrected chi connectivity index (χ4v) is 6.45. The minimum absolute atomic E-state index is 0.0368. The van der Waals surface area contributed by atoms with Gasteiger partial charge in [0.15, 0.2) is 0 Å². The zero-order valence-electron chi connectivity index (χ0n) is 18.4. The van der Waals surface area contributed by atoms with Gasteiger partial charge in [-0.15, -0.1) is 0 Å². The van der Waals surface area contributed by atoms with Crippen molar-refractivity contribution in [1.29, 1.82) is 0 Å². The van der Waals surface area contributed by atoms with Crippen LogP contribution in [0.4, 0.5) is 11.4 Å². The second-order valence-electron chi connectivity index (χ2n) is 8.46. The molecule has 3 aliphatic rings. The lowest BCUT2D eigenvalue weighted by molar-refractivity contribution is -0.131. The van der Waals surface area contributed by atoms with Gasteiger partial charge in [0.1, 0.15) is 12.6 Å². The number of amides is 2. The molecule has 3 heterocycles. The Kier molecular flexibility index (Phi) is 6.25. The molecule has 3 aliphatic heterocycles. The van der Waals surface area contributed by atoms with E-state index >= 15 is 0 Å². The number of fused-ring (bicyclic) bond motifs is 3. The molecule has 1 aromatic carbocycles. The smallest absolute Gasteiger partial charge is 0.250 e. The van der Waals surface area contributed by atoms with Crippen LogP contribution in [0.5, 0.6) is 0 Å². The van der Waals surface area contributed by atoms with Gasteiger partial charge < -0.3 is 9.80 Å². The van der Waals surface area contributed by atoms with Crippen molar-refractivity contribution in [3.63, 3.8) is 0 Å². The molecule has 4 rings (SSSR count). The maximum atomic E-state index is 13.4. The molecule has 2 amide bonds. The minimum Gasteiger partial charge on any atom is -0.358 e. The third kappa shape index (κ3) is 3.93. The molecule has 0 aromatic heterocycles. The molecule has 0 aliphatic carbocycles. The summed E-state index contributed by atoms with van der Waals surface area (Å²) in [6, 6.07) is 4.75. The maximum Gasteiger partial charge on any atom is 0.250 e. The third-order valence-corrected chi connectivity index (χ3v) is 8.74. The van der Waals surface area contributed by atoms with Gasteiger partial charge in [0.25, 0.3) is 0 Å². The molecular weight excluding hydrogens is 416 g/mol. The van der Waals surface area contributed by atoms with Gasteiger partial charge in [0, 0.05) is 32.7 Å². The largest absolute Gasteiger partial charge is 0.358 e. The Morgan fingerprint density at radius 2 is 1.71 bits per heavy atom. The third-order valence-electron chi connectivity index (χ3n) is 6.70. The van der Waals surface area contributed by atoms with Gasteiger partial charge in [0.2, 0.25) is 21.8 Å². The molecule has 170 valence electrons. The number of hydrogen-bond acceptors (Lipinski definition) is 5. The van der Waals surface area contributed by atoms with E-state index in [4.69, 9.17) is 0 Å². The van der Waals surface area contributed by atoms with Gasteiger partial charge in [-0.25, -0.2) is 8.42 Å². The van der Waals surface area contributed by atoms with E-state index in [9.17, 15) is 18.0 Å². The van der Waals surface area contributed by atoms with E-state index in [1.54, 1.807) is 17.0 Å². The molecule has 0 saturated carbocycles. The average molecular weight is 449 g/mol. The molecule has 0 bridgehead atoms. The fourth-order valence-electron chi connectivity index (χ4n) is 4.98. The number of rotatable bonds is 6. The van der Waals surface area contributed by atoms with Crippen LogP contribution in [0.1, 0.15) is 46.0 Å². The summed E-state index contributed by atoms with van der Waals surface area (Å²) in [5.74, 6) is -0.171. The Labute approximate surface area is 184 Å². The van der Waals surface area contributed by atoms with E-state index in [-0.39, 0.29) is 29.3 Å². The highest BCUT2D eigenvalue weighted by Crippen LogP contribution is 2.41. The summed E-state index contributed by atoms with van der Waals surface area (Å²) >= 11 is 0. The quantitative estimate of drug-likeness (QED) is 0.665. The number of anilines is 2. The molecule has 8 nitrogen and oxygen atoms in total. The molecule has 1 atom stereocenters. The van der Waals surface area contributed by atoms with Crippen molar-refractivity contribution >= 4 is 33.2 Å². The van der Waals surface area contributed by atoms with Crippen LogP contribution in [-0.2, 0) is 19.6 Å². The molecule has 2 saturated heterocycles. The van der Waals surface area contributed by atoms with Crippen molar-refractivity contribution in [2.75, 3.05) is 49.1 Å². The second-order valence-corrected chi connectivity index (χ2v) is 10.4. The number of piperidine rings is 1. The van der Waals surface area contributed by atoms with Gasteiger partial charge in [-0.1, -0.05) is 13.8 Å². The molecule has 0 N–H and O–H groups in total. The maximum absolute atomic E-state index is 13.4. The van der Waals surface area contributed by atoms with Gasteiger partial charge in [-0.2, -0.15) is 4.31 Å². The van der Waals surface area contributed by atoms with E-state index in [1.165, 1.54) is 9.21 Å². The lowest BCUT2D eigenvalue weighted by atomic mass is 9.96. The first-order chi connectivity index (χ1) is 14.9. The highest BCUT2D eigenvalue weighted by atomic mass is 32.2. The highest BCUT2D eigenvalue weighted by molar-refractivity contribution is 7.89. The van der Waals surface area contributed by atoms with Crippen molar-refractivity contribution in [3.8, 4) is 0 Å². The SMILES string of the molecule is CCN(CC)S(=O)(=O)c1ccc2c(c1)N(CC(=O)N1CCCC1)C(=O)[C@H]1CCCCN21. The fraction of sp³-hybridized carbons (Fsp3) is 0.636. The molecule has 0 unspecified atom stereocenters. The summed E-state index contributed by atoms with van der Waals surface area (Å²) in [6.07, 6.45) is 4.70. The number of likely N-dealkylation sites (tertiary alicyclic amines) is 1. The van der Waals surface area contributed by atoms with E-state index in [2.05, 4.69) is 4.90 Å². The van der Waals surface area contributed by atoms with E-state index in [1.807, 2.05) is 19.9 Å². The zero-order valence-corrected chi connectivity index (χ0v) is 19.2. The first-order valence-electron chi connectivity index (χ1n) is 11.4. The summed E-state index contributed by atoms with van der Waals surface area (Å²) < 4.78 is 27.6. The minimum atomic E-state index is -3.67. The standard InChI is InChI=1S/C22H32N4O4S/c1-3-24(4-2)31(29,30)17-10-11-18-20(15-17)26(16-21(27)23-12-7-8-13-23)22(28)19-9-5-6-14-25(18)19/h10-11,15,19H,3-9,12-14,16H2,1-2H3/t19-/m1/s1. The Balaban J connectivity index is 1.75. The lowest BCUT2D eigenvalue weighted by Crippen LogP contribution is -2.57. The summed E-state index contributed by atoms with van der Waals surface area (Å²) in [4.78, 5) is 31.9. The Bertz CT molecular complexity index is 954. The summed E-state index contributed by atoms with van der Waals surface area (Å²) in [6.45, 7) is 6.54. The topological polar surface area (TPSA) is 81.2 Å². The molecule has 0 spiro atoms.